The van der Waals surface area contributed by atoms with Crippen molar-refractivity contribution in [3.63, 3.8) is 0 Å². The molecule has 0 bridgehead atoms. The van der Waals surface area contributed by atoms with Gasteiger partial charge in [0.25, 0.3) is 0 Å². The molecule has 21 heavy (non-hydrogen) atoms. The van der Waals surface area contributed by atoms with Crippen LogP contribution in [0.1, 0.15) is 32.9 Å². The summed E-state index contributed by atoms with van der Waals surface area (Å²) in [6, 6.07) is 0. The molecular formula is C12H16F3N3O2S. The third-order valence-corrected chi connectivity index (χ3v) is 3.12. The van der Waals surface area contributed by atoms with Crippen molar-refractivity contribution < 1.29 is 22.8 Å². The topological polar surface area (TPSA) is 71.1 Å². The Labute approximate surface area is 123 Å². The van der Waals surface area contributed by atoms with Crippen LogP contribution in [0.15, 0.2) is 5.38 Å². The molecule has 2 N–H and O–H groups in total. The first kappa shape index (κ1) is 17.4. The van der Waals surface area contributed by atoms with Gasteiger partial charge in [0, 0.05) is 23.8 Å². The van der Waals surface area contributed by atoms with Crippen molar-refractivity contribution >= 4 is 28.3 Å². The van der Waals surface area contributed by atoms with Crippen LogP contribution in [0, 0.1) is 5.41 Å². The van der Waals surface area contributed by atoms with Crippen molar-refractivity contribution in [2.24, 2.45) is 5.41 Å². The Morgan fingerprint density at radius 2 is 1.90 bits per heavy atom. The molecule has 0 unspecified atom stereocenters. The number of nitrogens with zero attached hydrogens (tertiary/aromatic N) is 1. The van der Waals surface area contributed by atoms with E-state index in [0.29, 0.717) is 11.3 Å². The maximum Gasteiger partial charge on any atom is 0.434 e. The molecule has 5 nitrogen and oxygen atoms in total. The highest BCUT2D eigenvalue weighted by Gasteiger charge is 2.33. The number of thiazole rings is 1. The highest BCUT2D eigenvalue weighted by atomic mass is 32.1. The first-order valence-electron chi connectivity index (χ1n) is 6.11. The molecule has 0 aliphatic rings. The van der Waals surface area contributed by atoms with Gasteiger partial charge in [0.05, 0.1) is 0 Å². The van der Waals surface area contributed by atoms with Gasteiger partial charge in [-0.25, -0.2) is 4.98 Å². The zero-order chi connectivity index (χ0) is 16.3. The maximum atomic E-state index is 12.3. The summed E-state index contributed by atoms with van der Waals surface area (Å²) >= 11 is 0.698. The van der Waals surface area contributed by atoms with Gasteiger partial charge in [0.1, 0.15) is 0 Å². The molecule has 1 aromatic heterocycles. The average molecular weight is 323 g/mol. The molecule has 0 aliphatic heterocycles. The van der Waals surface area contributed by atoms with Crippen LogP contribution < -0.4 is 10.6 Å². The van der Waals surface area contributed by atoms with E-state index in [0.717, 1.165) is 5.38 Å². The van der Waals surface area contributed by atoms with Crippen molar-refractivity contribution in [2.45, 2.75) is 33.4 Å². The molecule has 0 radical (unpaired) electrons. The summed E-state index contributed by atoms with van der Waals surface area (Å²) in [5.41, 5.74) is -1.60. The summed E-state index contributed by atoms with van der Waals surface area (Å²) in [5, 5.41) is 5.55. The van der Waals surface area contributed by atoms with Crippen molar-refractivity contribution in [3.8, 4) is 0 Å². The molecular weight excluding hydrogens is 307 g/mol. The number of halogens is 3. The van der Waals surface area contributed by atoms with Gasteiger partial charge in [-0.1, -0.05) is 20.8 Å². The van der Waals surface area contributed by atoms with E-state index in [1.807, 2.05) is 0 Å². The van der Waals surface area contributed by atoms with E-state index in [4.69, 9.17) is 0 Å². The van der Waals surface area contributed by atoms with Gasteiger partial charge in [-0.2, -0.15) is 13.2 Å². The van der Waals surface area contributed by atoms with Gasteiger partial charge in [-0.3, -0.25) is 9.59 Å². The molecule has 2 amide bonds. The molecule has 0 atom stereocenters. The molecule has 0 saturated heterocycles. The van der Waals surface area contributed by atoms with Crippen LogP contribution in [0.5, 0.6) is 0 Å². The Bertz CT molecular complexity index is 521. The second-order valence-corrected chi connectivity index (χ2v) is 6.20. The minimum atomic E-state index is -4.53. The Balaban J connectivity index is 2.41. The summed E-state index contributed by atoms with van der Waals surface area (Å²) in [7, 11) is 0. The highest BCUT2D eigenvalue weighted by molar-refractivity contribution is 7.13. The fourth-order valence-electron chi connectivity index (χ4n) is 1.20. The van der Waals surface area contributed by atoms with E-state index in [1.165, 1.54) is 0 Å². The van der Waals surface area contributed by atoms with E-state index < -0.39 is 23.2 Å². The molecule has 0 fully saturated rings. The zero-order valence-corrected chi connectivity index (χ0v) is 12.6. The van der Waals surface area contributed by atoms with Crippen LogP contribution in [-0.4, -0.2) is 23.3 Å². The predicted octanol–water partition coefficient (Wildman–Crippen LogP) is 2.65. The second-order valence-electron chi connectivity index (χ2n) is 5.34. The molecule has 0 aliphatic carbocycles. The van der Waals surface area contributed by atoms with Gasteiger partial charge in [0.15, 0.2) is 10.8 Å². The fraction of sp³-hybridized carbons (Fsp3) is 0.583. The van der Waals surface area contributed by atoms with Crippen LogP contribution in [-0.2, 0) is 15.8 Å². The van der Waals surface area contributed by atoms with E-state index in [-0.39, 0.29) is 24.0 Å². The second kappa shape index (κ2) is 6.42. The van der Waals surface area contributed by atoms with Gasteiger partial charge in [0.2, 0.25) is 11.8 Å². The number of hydrogen-bond acceptors (Lipinski definition) is 4. The minimum Gasteiger partial charge on any atom is -0.355 e. The number of rotatable bonds is 4. The van der Waals surface area contributed by atoms with Crippen molar-refractivity contribution in [1.82, 2.24) is 10.3 Å². The highest BCUT2D eigenvalue weighted by Crippen LogP contribution is 2.31. The number of carbonyl (C=O) groups is 2. The normalized spacial score (nSPS) is 12.1. The largest absolute Gasteiger partial charge is 0.434 e. The molecule has 9 heteroatoms. The lowest BCUT2D eigenvalue weighted by Gasteiger charge is -2.17. The average Bonchev–Trinajstić information content (AvgIpc) is 2.75. The van der Waals surface area contributed by atoms with Crippen molar-refractivity contribution in [3.05, 3.63) is 11.1 Å². The van der Waals surface area contributed by atoms with E-state index in [9.17, 15) is 22.8 Å². The number of amides is 2. The lowest BCUT2D eigenvalue weighted by atomic mass is 9.96. The SMILES string of the molecule is CC(C)(C)C(=O)NCCC(=O)Nc1nc(C(F)(F)F)cs1. The van der Waals surface area contributed by atoms with Crippen LogP contribution in [0.4, 0.5) is 18.3 Å². The number of hydrogen-bond donors (Lipinski definition) is 2. The summed E-state index contributed by atoms with van der Waals surface area (Å²) in [4.78, 5) is 26.3. The molecule has 118 valence electrons. The number of carbonyl (C=O) groups excluding carboxylic acids is 2. The number of aromatic nitrogens is 1. The molecule has 1 aromatic rings. The number of alkyl halides is 3. The van der Waals surface area contributed by atoms with E-state index >= 15 is 0 Å². The van der Waals surface area contributed by atoms with Gasteiger partial charge < -0.3 is 10.6 Å². The van der Waals surface area contributed by atoms with Gasteiger partial charge in [-0.05, 0) is 0 Å². The molecule has 0 spiro atoms. The summed E-state index contributed by atoms with van der Waals surface area (Å²) in [6.07, 6.45) is -4.57. The first-order valence-corrected chi connectivity index (χ1v) is 6.99. The van der Waals surface area contributed by atoms with Gasteiger partial charge in [-0.15, -0.1) is 11.3 Å². The fourth-order valence-corrected chi connectivity index (χ4v) is 1.93. The van der Waals surface area contributed by atoms with Crippen LogP contribution in [0.25, 0.3) is 0 Å². The van der Waals surface area contributed by atoms with Crippen LogP contribution in [0.2, 0.25) is 0 Å². The lowest BCUT2D eigenvalue weighted by Crippen LogP contribution is -2.36. The smallest absolute Gasteiger partial charge is 0.355 e. The van der Waals surface area contributed by atoms with Crippen molar-refractivity contribution in [2.75, 3.05) is 11.9 Å². The zero-order valence-electron chi connectivity index (χ0n) is 11.8. The summed E-state index contributed by atoms with van der Waals surface area (Å²) in [6.45, 7) is 5.31. The van der Waals surface area contributed by atoms with E-state index in [2.05, 4.69) is 15.6 Å². The molecule has 0 saturated carbocycles. The Morgan fingerprint density at radius 1 is 1.29 bits per heavy atom. The van der Waals surface area contributed by atoms with Gasteiger partial charge >= 0.3 is 6.18 Å². The quantitative estimate of drug-likeness (QED) is 0.895. The predicted molar refractivity (Wildman–Crippen MR) is 72.8 cm³/mol. The number of nitrogens with one attached hydrogen (secondary N) is 2. The summed E-state index contributed by atoms with van der Waals surface area (Å²) in [5.74, 6) is -0.712. The van der Waals surface area contributed by atoms with Crippen molar-refractivity contribution in [1.29, 1.82) is 0 Å². The Kier molecular flexibility index (Phi) is 5.32. The first-order chi connectivity index (χ1) is 9.50. The summed E-state index contributed by atoms with van der Waals surface area (Å²) < 4.78 is 37.0. The Morgan fingerprint density at radius 3 is 2.38 bits per heavy atom. The van der Waals surface area contributed by atoms with E-state index in [1.54, 1.807) is 20.8 Å². The number of anilines is 1. The third kappa shape index (κ3) is 5.70. The van der Waals surface area contributed by atoms with Crippen LogP contribution in [0.3, 0.4) is 0 Å². The third-order valence-electron chi connectivity index (χ3n) is 2.36. The standard InChI is InChI=1S/C12H16F3N3O2S/c1-11(2,3)9(20)16-5-4-8(19)18-10-17-7(6-21-10)12(13,14)15/h6H,4-5H2,1-3H3,(H,16,20)(H,17,18,19). The van der Waals surface area contributed by atoms with Crippen LogP contribution >= 0.6 is 11.3 Å². The maximum absolute atomic E-state index is 12.3. The monoisotopic (exact) mass is 323 g/mol. The lowest BCUT2D eigenvalue weighted by molar-refractivity contribution is -0.140. The Hall–Kier alpha value is -1.64. The molecule has 1 rings (SSSR count). The molecule has 0 aromatic carbocycles. The minimum absolute atomic E-state index is 0.0389. The molecule has 1 heterocycles.